The molecule has 1 atom stereocenters. The first kappa shape index (κ1) is 13.5. The second-order valence-electron chi connectivity index (χ2n) is 4.70. The van der Waals surface area contributed by atoms with Crippen LogP contribution in [0.3, 0.4) is 0 Å². The van der Waals surface area contributed by atoms with E-state index in [1.165, 1.54) is 6.42 Å². The van der Waals surface area contributed by atoms with Gasteiger partial charge in [0.1, 0.15) is 6.61 Å². The van der Waals surface area contributed by atoms with Crippen LogP contribution in [-0.2, 0) is 14.3 Å². The van der Waals surface area contributed by atoms with Crippen LogP contribution in [-0.4, -0.2) is 38.4 Å². The molecule has 4 nitrogen and oxygen atoms in total. The van der Waals surface area contributed by atoms with Gasteiger partial charge in [-0.2, -0.15) is 0 Å². The summed E-state index contributed by atoms with van der Waals surface area (Å²) < 4.78 is 10.6. The number of carbonyl (C=O) groups excluding carboxylic acids is 1. The van der Waals surface area contributed by atoms with Crippen molar-refractivity contribution in [3.05, 3.63) is 0 Å². The fraction of sp³-hybridized carbons (Fsp3) is 0.917. The van der Waals surface area contributed by atoms with Crippen molar-refractivity contribution in [2.24, 2.45) is 5.92 Å². The van der Waals surface area contributed by atoms with Crippen LogP contribution in [0.1, 0.15) is 33.1 Å². The topological polar surface area (TPSA) is 47.6 Å². The number of hydrogen-bond donors (Lipinski definition) is 1. The molecule has 0 aliphatic carbocycles. The van der Waals surface area contributed by atoms with E-state index in [2.05, 4.69) is 19.2 Å². The van der Waals surface area contributed by atoms with Gasteiger partial charge in [-0.1, -0.05) is 13.8 Å². The number of rotatable bonds is 6. The number of hydrogen-bond acceptors (Lipinski definition) is 4. The number of carbonyl (C=O) groups is 1. The quantitative estimate of drug-likeness (QED) is 0.698. The molecular formula is C12H23NO3. The molecule has 0 bridgehead atoms. The SMILES string of the molecule is CC(C)CNCC(=O)OCC1CCCCO1. The highest BCUT2D eigenvalue weighted by Crippen LogP contribution is 2.12. The average Bonchev–Trinajstić information content (AvgIpc) is 2.27. The van der Waals surface area contributed by atoms with Crippen LogP contribution in [0.4, 0.5) is 0 Å². The molecule has 0 radical (unpaired) electrons. The molecule has 0 aromatic rings. The van der Waals surface area contributed by atoms with E-state index in [-0.39, 0.29) is 12.1 Å². The molecule has 1 saturated heterocycles. The van der Waals surface area contributed by atoms with Crippen LogP contribution < -0.4 is 5.32 Å². The number of nitrogens with one attached hydrogen (secondary N) is 1. The van der Waals surface area contributed by atoms with Crippen LogP contribution >= 0.6 is 0 Å². The van der Waals surface area contributed by atoms with Crippen molar-refractivity contribution in [1.82, 2.24) is 5.32 Å². The first-order valence-corrected chi connectivity index (χ1v) is 6.16. The molecule has 0 aromatic carbocycles. The third-order valence-corrected chi connectivity index (χ3v) is 2.53. The Morgan fingerprint density at radius 1 is 1.50 bits per heavy atom. The average molecular weight is 229 g/mol. The molecule has 1 heterocycles. The number of ether oxygens (including phenoxy) is 2. The summed E-state index contributed by atoms with van der Waals surface area (Å²) in [6, 6.07) is 0. The van der Waals surface area contributed by atoms with Gasteiger partial charge in [-0.05, 0) is 31.7 Å². The van der Waals surface area contributed by atoms with Crippen LogP contribution in [0, 0.1) is 5.92 Å². The maximum atomic E-state index is 11.3. The molecule has 16 heavy (non-hydrogen) atoms. The van der Waals surface area contributed by atoms with E-state index in [0.717, 1.165) is 26.0 Å². The van der Waals surface area contributed by atoms with Gasteiger partial charge in [0.15, 0.2) is 0 Å². The van der Waals surface area contributed by atoms with Gasteiger partial charge in [-0.25, -0.2) is 0 Å². The summed E-state index contributed by atoms with van der Waals surface area (Å²) in [5.74, 6) is 0.365. The molecule has 0 saturated carbocycles. The Morgan fingerprint density at radius 2 is 2.31 bits per heavy atom. The van der Waals surface area contributed by atoms with Crippen molar-refractivity contribution in [2.45, 2.75) is 39.2 Å². The minimum Gasteiger partial charge on any atom is -0.462 e. The Hall–Kier alpha value is -0.610. The lowest BCUT2D eigenvalue weighted by molar-refractivity contribution is -0.148. The largest absolute Gasteiger partial charge is 0.462 e. The first-order valence-electron chi connectivity index (χ1n) is 6.16. The Kier molecular flexibility index (Phi) is 6.42. The molecule has 4 heteroatoms. The molecule has 94 valence electrons. The lowest BCUT2D eigenvalue weighted by Gasteiger charge is -2.22. The molecule has 1 rings (SSSR count). The fourth-order valence-electron chi connectivity index (χ4n) is 1.64. The van der Waals surface area contributed by atoms with Crippen LogP contribution in [0.25, 0.3) is 0 Å². The Bertz CT molecular complexity index is 200. The van der Waals surface area contributed by atoms with Gasteiger partial charge in [0, 0.05) is 6.61 Å². The van der Waals surface area contributed by atoms with Gasteiger partial charge < -0.3 is 14.8 Å². The third-order valence-electron chi connectivity index (χ3n) is 2.53. The third kappa shape index (κ3) is 6.08. The van der Waals surface area contributed by atoms with E-state index in [4.69, 9.17) is 9.47 Å². The molecule has 1 N–H and O–H groups in total. The van der Waals surface area contributed by atoms with Crippen LogP contribution in [0.5, 0.6) is 0 Å². The molecule has 0 spiro atoms. The molecule has 1 fully saturated rings. The second-order valence-corrected chi connectivity index (χ2v) is 4.70. The molecule has 1 aliphatic rings. The predicted octanol–water partition coefficient (Wildman–Crippen LogP) is 1.34. The van der Waals surface area contributed by atoms with Crippen molar-refractivity contribution < 1.29 is 14.3 Å². The van der Waals surface area contributed by atoms with Crippen molar-refractivity contribution in [3.63, 3.8) is 0 Å². The molecular weight excluding hydrogens is 206 g/mol. The van der Waals surface area contributed by atoms with Gasteiger partial charge in [0.2, 0.25) is 0 Å². The van der Waals surface area contributed by atoms with Crippen molar-refractivity contribution in [1.29, 1.82) is 0 Å². The van der Waals surface area contributed by atoms with E-state index < -0.39 is 0 Å². The predicted molar refractivity (Wildman–Crippen MR) is 62.3 cm³/mol. The van der Waals surface area contributed by atoms with Gasteiger partial charge in [0.05, 0.1) is 12.6 Å². The monoisotopic (exact) mass is 229 g/mol. The molecule has 1 unspecified atom stereocenters. The summed E-state index contributed by atoms with van der Waals surface area (Å²) in [5.41, 5.74) is 0. The molecule has 0 amide bonds. The highest BCUT2D eigenvalue weighted by molar-refractivity contribution is 5.71. The zero-order valence-corrected chi connectivity index (χ0v) is 10.3. The van der Waals surface area contributed by atoms with E-state index in [0.29, 0.717) is 19.1 Å². The van der Waals surface area contributed by atoms with E-state index >= 15 is 0 Å². The first-order chi connectivity index (χ1) is 7.68. The Morgan fingerprint density at radius 3 is 2.94 bits per heavy atom. The van der Waals surface area contributed by atoms with Crippen molar-refractivity contribution in [3.8, 4) is 0 Å². The van der Waals surface area contributed by atoms with Gasteiger partial charge in [0.25, 0.3) is 0 Å². The van der Waals surface area contributed by atoms with E-state index in [1.807, 2.05) is 0 Å². The molecule has 1 aliphatic heterocycles. The highest BCUT2D eigenvalue weighted by atomic mass is 16.6. The summed E-state index contributed by atoms with van der Waals surface area (Å²) >= 11 is 0. The minimum absolute atomic E-state index is 0.114. The standard InChI is InChI=1S/C12H23NO3/c1-10(2)7-13-8-12(14)16-9-11-5-3-4-6-15-11/h10-11,13H,3-9H2,1-2H3. The zero-order chi connectivity index (χ0) is 11.8. The molecule has 0 aromatic heterocycles. The fourth-order valence-corrected chi connectivity index (χ4v) is 1.64. The summed E-state index contributed by atoms with van der Waals surface area (Å²) in [7, 11) is 0. The van der Waals surface area contributed by atoms with Crippen molar-refractivity contribution >= 4 is 5.97 Å². The summed E-state index contributed by atoms with van der Waals surface area (Å²) in [5, 5.41) is 3.06. The second kappa shape index (κ2) is 7.63. The minimum atomic E-state index is -0.185. The summed E-state index contributed by atoms with van der Waals surface area (Å²) in [6.45, 7) is 6.55. The van der Waals surface area contributed by atoms with Crippen LogP contribution in [0.15, 0.2) is 0 Å². The van der Waals surface area contributed by atoms with E-state index in [9.17, 15) is 4.79 Å². The zero-order valence-electron chi connectivity index (χ0n) is 10.3. The lowest BCUT2D eigenvalue weighted by atomic mass is 10.1. The maximum Gasteiger partial charge on any atom is 0.320 e. The Labute approximate surface area is 97.7 Å². The summed E-state index contributed by atoms with van der Waals surface area (Å²) in [4.78, 5) is 11.3. The number of esters is 1. The van der Waals surface area contributed by atoms with Crippen molar-refractivity contribution in [2.75, 3.05) is 26.3 Å². The summed E-state index contributed by atoms with van der Waals surface area (Å²) in [6.07, 6.45) is 3.42. The van der Waals surface area contributed by atoms with Gasteiger partial charge >= 0.3 is 5.97 Å². The van der Waals surface area contributed by atoms with E-state index in [1.54, 1.807) is 0 Å². The van der Waals surface area contributed by atoms with Crippen LogP contribution in [0.2, 0.25) is 0 Å². The normalized spacial score (nSPS) is 21.1. The Balaban J connectivity index is 2.00. The van der Waals surface area contributed by atoms with Gasteiger partial charge in [-0.15, -0.1) is 0 Å². The smallest absolute Gasteiger partial charge is 0.320 e. The highest BCUT2D eigenvalue weighted by Gasteiger charge is 2.15. The maximum absolute atomic E-state index is 11.3. The lowest BCUT2D eigenvalue weighted by Crippen LogP contribution is -2.31. The van der Waals surface area contributed by atoms with Gasteiger partial charge in [-0.3, -0.25) is 4.79 Å².